The summed E-state index contributed by atoms with van der Waals surface area (Å²) in [7, 11) is -1.11. The highest BCUT2D eigenvalue weighted by Gasteiger charge is 2.39. The molecule has 0 aromatic rings. The molecule has 4 nitrogen and oxygen atoms in total. The molecule has 2 N–H and O–H groups in total. The van der Waals surface area contributed by atoms with Gasteiger partial charge in [0.15, 0.2) is 0 Å². The fraction of sp³-hybridized carbons (Fsp3) is 0.846. The molecule has 6 rings (SSSR count). The molecule has 0 spiro atoms. The monoisotopic (exact) mass is 268 g/mol. The summed E-state index contributed by atoms with van der Waals surface area (Å²) in [5.41, 5.74) is 5.97. The summed E-state index contributed by atoms with van der Waals surface area (Å²) in [6, 6.07) is 0.331. The number of primary amides is 1. The summed E-state index contributed by atoms with van der Waals surface area (Å²) in [5.74, 6) is 0. The van der Waals surface area contributed by atoms with Crippen molar-refractivity contribution in [2.45, 2.75) is 69.1 Å². The van der Waals surface area contributed by atoms with Gasteiger partial charge in [0.25, 0.3) is 0 Å². The van der Waals surface area contributed by atoms with Gasteiger partial charge in [0.1, 0.15) is 5.66 Å². The summed E-state index contributed by atoms with van der Waals surface area (Å²) >= 11 is 0. The van der Waals surface area contributed by atoms with Gasteiger partial charge in [-0.1, -0.05) is 0 Å². The van der Waals surface area contributed by atoms with Crippen molar-refractivity contribution in [2.75, 3.05) is 0 Å². The predicted octanol–water partition coefficient (Wildman–Crippen LogP) is 1.56. The van der Waals surface area contributed by atoms with Crippen molar-refractivity contribution < 1.29 is 9.69 Å². The van der Waals surface area contributed by atoms with E-state index in [1.54, 1.807) is 0 Å². The smallest absolute Gasteiger partial charge is 0.315 e. The van der Waals surface area contributed by atoms with E-state index in [1.165, 1.54) is 5.29 Å². The van der Waals surface area contributed by atoms with Crippen LogP contribution in [0.5, 0.6) is 0 Å². The number of hydrogen-bond acceptors (Lipinski definition) is 2. The number of nitrogens with zero attached hydrogens (tertiary/aromatic N) is 1. The lowest BCUT2D eigenvalue weighted by molar-refractivity contribution is -0.155. The number of rotatable bonds is 0. The van der Waals surface area contributed by atoms with E-state index in [1.807, 2.05) is 4.90 Å². The van der Waals surface area contributed by atoms with E-state index in [-0.39, 0.29) is 12.1 Å². The highest BCUT2D eigenvalue weighted by molar-refractivity contribution is 7.52. The minimum absolute atomic E-state index is 0.253. The predicted molar refractivity (Wildman–Crippen MR) is 71.6 cm³/mol. The molecule has 2 saturated carbocycles. The highest BCUT2D eigenvalue weighted by atomic mass is 31.1. The maximum atomic E-state index is 12.5. The van der Waals surface area contributed by atoms with Crippen LogP contribution in [-0.4, -0.2) is 34.0 Å². The van der Waals surface area contributed by atoms with Crippen molar-refractivity contribution in [1.29, 1.82) is 0 Å². The van der Waals surface area contributed by atoms with Gasteiger partial charge in [-0.2, -0.15) is 0 Å². The molecule has 18 heavy (non-hydrogen) atoms. The zero-order valence-electron chi connectivity index (χ0n) is 10.7. The minimum atomic E-state index is -1.11. The van der Waals surface area contributed by atoms with Gasteiger partial charge < -0.3 is 15.5 Å². The van der Waals surface area contributed by atoms with Gasteiger partial charge in [-0.25, -0.2) is 4.79 Å². The van der Waals surface area contributed by atoms with E-state index < -0.39 is 7.77 Å². The van der Waals surface area contributed by atoms with E-state index in [4.69, 9.17) is 5.73 Å². The number of hydrogen-bond donors (Lipinski definition) is 1. The van der Waals surface area contributed by atoms with E-state index in [9.17, 15) is 9.69 Å². The largest absolute Gasteiger partial charge is 0.630 e. The molecule has 4 heterocycles. The Morgan fingerprint density at radius 2 is 1.67 bits per heavy atom. The third-order valence-corrected chi connectivity index (χ3v) is 7.13. The average Bonchev–Trinajstić information content (AvgIpc) is 2.40. The average molecular weight is 268 g/mol. The number of urea groups is 1. The van der Waals surface area contributed by atoms with Crippen LogP contribution in [0.4, 0.5) is 4.79 Å². The minimum Gasteiger partial charge on any atom is -0.630 e. The van der Waals surface area contributed by atoms with Crippen molar-refractivity contribution in [1.82, 2.24) is 4.90 Å². The van der Waals surface area contributed by atoms with Gasteiger partial charge in [0, 0.05) is 24.9 Å². The van der Waals surface area contributed by atoms with Crippen LogP contribution in [0.1, 0.15) is 51.4 Å². The van der Waals surface area contributed by atoms with Crippen LogP contribution in [0.3, 0.4) is 0 Å². The SMILES string of the molecule is NC(=O)N1C2CCC(=[P+]([O-])C3CCC1CC3)CC2. The Morgan fingerprint density at radius 1 is 1.11 bits per heavy atom. The first-order valence-corrected chi connectivity index (χ1v) is 8.38. The standard InChI is InChI=1S/C13H21N2O2P/c14-13(16)15-9-1-5-11(6-2-9)18(17)12-7-3-10(15)4-8-12/h9-11H,1-8H2,(H2,14,16). The zero-order chi connectivity index (χ0) is 12.7. The lowest BCUT2D eigenvalue weighted by atomic mass is 9.88. The molecule has 2 fully saturated rings. The second-order valence-corrected chi connectivity index (χ2v) is 7.85. The maximum Gasteiger partial charge on any atom is 0.315 e. The van der Waals surface area contributed by atoms with Gasteiger partial charge in [0.05, 0.1) is 13.1 Å². The molecule has 5 heteroatoms. The van der Waals surface area contributed by atoms with Crippen molar-refractivity contribution >= 4 is 19.1 Å². The Hall–Kier alpha value is -0.600. The van der Waals surface area contributed by atoms with E-state index in [0.717, 1.165) is 51.4 Å². The highest BCUT2D eigenvalue weighted by Crippen LogP contribution is 2.42. The van der Waals surface area contributed by atoms with Crippen LogP contribution in [0.2, 0.25) is 0 Å². The number of amides is 2. The molecule has 2 amide bonds. The third-order valence-electron chi connectivity index (χ3n) is 4.88. The molecular formula is C13H21N2O2P. The lowest BCUT2D eigenvalue weighted by Crippen LogP contribution is -2.53. The Kier molecular flexibility index (Phi) is 3.33. The maximum absolute atomic E-state index is 12.5. The Bertz CT molecular complexity index is 378. The topological polar surface area (TPSA) is 69.4 Å². The summed E-state index contributed by atoms with van der Waals surface area (Å²) in [4.78, 5) is 26.2. The van der Waals surface area contributed by atoms with Crippen molar-refractivity contribution in [3.05, 3.63) is 0 Å². The molecule has 0 radical (unpaired) electrons. The molecule has 0 aromatic carbocycles. The van der Waals surface area contributed by atoms with Crippen LogP contribution >= 0.6 is 7.77 Å². The first kappa shape index (κ1) is 12.4. The summed E-state index contributed by atoms with van der Waals surface area (Å²) in [5, 5.41) is 1.27. The molecule has 100 valence electrons. The number of nitrogens with two attached hydrogens (primary N) is 1. The number of carbonyl (C=O) groups excluding carboxylic acids is 1. The Balaban J connectivity index is 1.95. The molecular weight excluding hydrogens is 247 g/mol. The van der Waals surface area contributed by atoms with Gasteiger partial charge in [-0.05, 0) is 38.5 Å². The van der Waals surface area contributed by atoms with Crippen molar-refractivity contribution in [2.24, 2.45) is 5.73 Å². The Morgan fingerprint density at radius 3 is 2.22 bits per heavy atom. The second kappa shape index (κ2) is 4.82. The van der Waals surface area contributed by atoms with Crippen LogP contribution < -0.4 is 10.6 Å². The van der Waals surface area contributed by atoms with Gasteiger partial charge >= 0.3 is 6.03 Å². The first-order valence-electron chi connectivity index (χ1n) is 7.05. The number of carbonyl (C=O) groups is 1. The molecule has 0 saturated heterocycles. The summed E-state index contributed by atoms with van der Waals surface area (Å²) in [6.07, 6.45) is 7.77. The molecule has 4 aliphatic heterocycles. The van der Waals surface area contributed by atoms with Crippen molar-refractivity contribution in [3.63, 3.8) is 0 Å². The van der Waals surface area contributed by atoms with E-state index in [2.05, 4.69) is 0 Å². The van der Waals surface area contributed by atoms with Crippen molar-refractivity contribution in [3.8, 4) is 0 Å². The third kappa shape index (κ3) is 2.06. The zero-order valence-corrected chi connectivity index (χ0v) is 11.6. The van der Waals surface area contributed by atoms with Crippen LogP contribution in [-0.2, 0) is 0 Å². The van der Waals surface area contributed by atoms with Gasteiger partial charge in [-0.15, -0.1) is 0 Å². The quantitative estimate of drug-likeness (QED) is 0.677. The van der Waals surface area contributed by atoms with Crippen LogP contribution in [0.15, 0.2) is 0 Å². The fourth-order valence-corrected chi connectivity index (χ4v) is 5.90. The van der Waals surface area contributed by atoms with Crippen LogP contribution in [0, 0.1) is 0 Å². The molecule has 1 unspecified atom stereocenters. The molecule has 0 aromatic heterocycles. The van der Waals surface area contributed by atoms with Gasteiger partial charge in [-0.3, -0.25) is 0 Å². The molecule has 1 atom stereocenters. The molecule has 6 aliphatic rings. The Labute approximate surface area is 109 Å². The second-order valence-electron chi connectivity index (χ2n) is 5.83. The van der Waals surface area contributed by atoms with E-state index in [0.29, 0.717) is 11.7 Å². The normalized spacial score (nSPS) is 38.1. The molecule has 4 bridgehead atoms. The van der Waals surface area contributed by atoms with Crippen LogP contribution in [0.25, 0.3) is 0 Å². The molecule has 2 aliphatic carbocycles. The summed E-state index contributed by atoms with van der Waals surface area (Å²) < 4.78 is 0. The van der Waals surface area contributed by atoms with Gasteiger partial charge in [0.2, 0.25) is 0 Å². The van der Waals surface area contributed by atoms with E-state index >= 15 is 0 Å². The fourth-order valence-electron chi connectivity index (χ4n) is 3.92. The lowest BCUT2D eigenvalue weighted by Gasteiger charge is -2.43. The summed E-state index contributed by atoms with van der Waals surface area (Å²) in [6.45, 7) is 0. The first-order chi connectivity index (χ1) is 8.66.